The summed E-state index contributed by atoms with van der Waals surface area (Å²) in [5.74, 6) is -0.0622. The van der Waals surface area contributed by atoms with Crippen LogP contribution in [0.25, 0.3) is 0 Å². The van der Waals surface area contributed by atoms with Crippen LogP contribution in [0.2, 0.25) is 0 Å². The van der Waals surface area contributed by atoms with Crippen molar-refractivity contribution in [3.63, 3.8) is 0 Å². The summed E-state index contributed by atoms with van der Waals surface area (Å²) in [6, 6.07) is 8.25. The van der Waals surface area contributed by atoms with E-state index in [1.54, 1.807) is 0 Å². The number of carbonyl (C=O) groups excluding carboxylic acids is 1. The van der Waals surface area contributed by atoms with Crippen LogP contribution in [0.1, 0.15) is 46.9 Å². The quantitative estimate of drug-likeness (QED) is 0.755. The third-order valence-corrected chi connectivity index (χ3v) is 5.99. The minimum Gasteiger partial charge on any atom is -0.325 e. The predicted molar refractivity (Wildman–Crippen MR) is 108 cm³/mol. The number of carbonyl (C=O) groups is 1. The lowest BCUT2D eigenvalue weighted by Gasteiger charge is -2.18. The van der Waals surface area contributed by atoms with Crippen molar-refractivity contribution in [1.82, 2.24) is 4.98 Å². The topological polar surface area (TPSA) is 65.8 Å². The highest BCUT2D eigenvalue weighted by Gasteiger charge is 2.22. The van der Waals surface area contributed by atoms with Crippen LogP contribution in [0.5, 0.6) is 0 Å². The zero-order valence-electron chi connectivity index (χ0n) is 16.2. The minimum absolute atomic E-state index is 0.0622. The first-order chi connectivity index (χ1) is 12.3. The Balaban J connectivity index is 2.28. The zero-order chi connectivity index (χ0) is 19.4. The lowest BCUT2D eigenvalue weighted by atomic mass is 10.1. The molecule has 1 heterocycles. The molecule has 0 radical (unpaired) electrons. The van der Waals surface area contributed by atoms with Crippen LogP contribution >= 0.6 is 11.8 Å². The summed E-state index contributed by atoms with van der Waals surface area (Å²) in [5, 5.41) is 12.9. The number of aromatic nitrogens is 1. The summed E-state index contributed by atoms with van der Waals surface area (Å²) in [6.07, 6.45) is 0.653. The van der Waals surface area contributed by atoms with E-state index in [0.29, 0.717) is 17.0 Å². The van der Waals surface area contributed by atoms with Gasteiger partial charge in [0, 0.05) is 11.4 Å². The molecule has 0 aliphatic carbocycles. The molecule has 0 spiro atoms. The Morgan fingerprint density at radius 2 is 1.92 bits per heavy atom. The van der Waals surface area contributed by atoms with Crippen molar-refractivity contribution in [3.05, 3.63) is 51.7 Å². The molecule has 136 valence electrons. The van der Waals surface area contributed by atoms with E-state index in [9.17, 15) is 10.1 Å². The maximum Gasteiger partial charge on any atom is 0.237 e. The van der Waals surface area contributed by atoms with Crippen molar-refractivity contribution in [2.75, 3.05) is 5.32 Å². The highest BCUT2D eigenvalue weighted by Crippen LogP contribution is 2.31. The Morgan fingerprint density at radius 1 is 1.23 bits per heavy atom. The number of thioether (sulfide) groups is 1. The second-order valence-corrected chi connectivity index (χ2v) is 7.75. The van der Waals surface area contributed by atoms with Crippen molar-refractivity contribution in [3.8, 4) is 6.07 Å². The molecule has 1 N–H and O–H groups in total. The van der Waals surface area contributed by atoms with Crippen LogP contribution in [0.15, 0.2) is 23.2 Å². The molecule has 0 fully saturated rings. The molecular formula is C21H25N3OS. The summed E-state index contributed by atoms with van der Waals surface area (Å²) in [5.41, 5.74) is 6.39. The molecule has 26 heavy (non-hydrogen) atoms. The molecule has 0 aliphatic heterocycles. The number of rotatable bonds is 5. The van der Waals surface area contributed by atoms with Gasteiger partial charge < -0.3 is 5.32 Å². The number of anilines is 1. The fourth-order valence-corrected chi connectivity index (χ4v) is 3.78. The number of pyridine rings is 1. The molecule has 0 bridgehead atoms. The van der Waals surface area contributed by atoms with Gasteiger partial charge in [-0.05, 0) is 69.4 Å². The van der Waals surface area contributed by atoms with Crippen LogP contribution in [0.3, 0.4) is 0 Å². The van der Waals surface area contributed by atoms with Crippen LogP contribution in [0, 0.1) is 45.9 Å². The number of hydrogen-bond acceptors (Lipinski definition) is 4. The average molecular weight is 368 g/mol. The van der Waals surface area contributed by atoms with E-state index in [1.807, 2.05) is 59.7 Å². The number of nitrogens with zero attached hydrogens (tertiary/aromatic N) is 2. The van der Waals surface area contributed by atoms with E-state index in [1.165, 1.54) is 11.8 Å². The number of nitrogens with one attached hydrogen (secondary N) is 1. The molecular weight excluding hydrogens is 342 g/mol. The monoisotopic (exact) mass is 367 g/mol. The number of aryl methyl sites for hydroxylation is 3. The molecule has 1 unspecified atom stereocenters. The molecule has 1 aromatic heterocycles. The third kappa shape index (κ3) is 4.25. The molecule has 1 atom stereocenters. The summed E-state index contributed by atoms with van der Waals surface area (Å²) < 4.78 is 0. The third-order valence-electron chi connectivity index (χ3n) is 4.64. The Kier molecular flexibility index (Phi) is 6.44. The van der Waals surface area contributed by atoms with E-state index in [-0.39, 0.29) is 11.2 Å². The Labute approximate surface area is 160 Å². The van der Waals surface area contributed by atoms with Crippen molar-refractivity contribution < 1.29 is 4.79 Å². The number of amides is 1. The molecule has 1 amide bonds. The normalized spacial score (nSPS) is 11.7. The van der Waals surface area contributed by atoms with Crippen molar-refractivity contribution in [2.24, 2.45) is 0 Å². The molecule has 0 saturated heterocycles. The summed E-state index contributed by atoms with van der Waals surface area (Å²) in [7, 11) is 0. The van der Waals surface area contributed by atoms with Crippen molar-refractivity contribution in [2.45, 2.75) is 58.2 Å². The average Bonchev–Trinajstić information content (AvgIpc) is 2.60. The number of nitriles is 1. The van der Waals surface area contributed by atoms with E-state index >= 15 is 0 Å². The van der Waals surface area contributed by atoms with Gasteiger partial charge in [0.15, 0.2) is 0 Å². The fraction of sp³-hybridized carbons (Fsp3) is 0.381. The number of hydrogen-bond donors (Lipinski definition) is 1. The SMILES string of the molecule is CCC(Sc1nc(C)c(C)c(C)c1C#N)C(=O)Nc1cc(C)ccc1C. The summed E-state index contributed by atoms with van der Waals surface area (Å²) >= 11 is 1.37. The summed E-state index contributed by atoms with van der Waals surface area (Å²) in [4.78, 5) is 17.4. The molecule has 2 rings (SSSR count). The van der Waals surface area contributed by atoms with Crippen LogP contribution in [-0.2, 0) is 4.79 Å². The Hall–Kier alpha value is -2.32. The lowest BCUT2D eigenvalue weighted by Crippen LogP contribution is -2.25. The van der Waals surface area contributed by atoms with Crippen LogP contribution < -0.4 is 5.32 Å². The first kappa shape index (κ1) is 20.0. The molecule has 4 nitrogen and oxygen atoms in total. The molecule has 0 saturated carbocycles. The zero-order valence-corrected chi connectivity index (χ0v) is 17.0. The summed E-state index contributed by atoms with van der Waals surface area (Å²) in [6.45, 7) is 11.8. The number of benzene rings is 1. The van der Waals surface area contributed by atoms with Crippen molar-refractivity contribution in [1.29, 1.82) is 5.26 Å². The highest BCUT2D eigenvalue weighted by atomic mass is 32.2. The Bertz CT molecular complexity index is 884. The van der Waals surface area contributed by atoms with Gasteiger partial charge in [0.05, 0.1) is 10.8 Å². The van der Waals surface area contributed by atoms with Gasteiger partial charge in [0.2, 0.25) is 5.91 Å². The van der Waals surface area contributed by atoms with Gasteiger partial charge in [-0.25, -0.2) is 4.98 Å². The smallest absolute Gasteiger partial charge is 0.237 e. The van der Waals surface area contributed by atoms with Crippen LogP contribution in [-0.4, -0.2) is 16.1 Å². The standard InChI is InChI=1S/C21H25N3OS/c1-7-19(20(25)24-18-10-12(2)8-9-13(18)3)26-21-17(11-22)15(5)14(4)16(6)23-21/h8-10,19H,7H2,1-6H3,(H,24,25). The Morgan fingerprint density at radius 3 is 2.54 bits per heavy atom. The van der Waals surface area contributed by atoms with Gasteiger partial charge in [-0.15, -0.1) is 0 Å². The molecule has 1 aromatic carbocycles. The second kappa shape index (κ2) is 8.37. The first-order valence-electron chi connectivity index (χ1n) is 8.71. The van der Waals surface area contributed by atoms with E-state index in [0.717, 1.165) is 33.6 Å². The fourth-order valence-electron chi connectivity index (χ4n) is 2.67. The van der Waals surface area contributed by atoms with Gasteiger partial charge in [-0.2, -0.15) is 5.26 Å². The van der Waals surface area contributed by atoms with Gasteiger partial charge in [-0.1, -0.05) is 30.8 Å². The lowest BCUT2D eigenvalue weighted by molar-refractivity contribution is -0.115. The molecule has 0 aliphatic rings. The van der Waals surface area contributed by atoms with Gasteiger partial charge in [0.25, 0.3) is 0 Å². The molecule has 5 heteroatoms. The second-order valence-electron chi connectivity index (χ2n) is 6.56. The first-order valence-corrected chi connectivity index (χ1v) is 9.59. The highest BCUT2D eigenvalue weighted by molar-refractivity contribution is 8.00. The maximum absolute atomic E-state index is 12.8. The van der Waals surface area contributed by atoms with Gasteiger partial charge in [-0.3, -0.25) is 4.79 Å². The van der Waals surface area contributed by atoms with Crippen LogP contribution in [0.4, 0.5) is 5.69 Å². The largest absolute Gasteiger partial charge is 0.325 e. The van der Waals surface area contributed by atoms with Gasteiger partial charge >= 0.3 is 0 Å². The predicted octanol–water partition coefficient (Wildman–Crippen LogP) is 5.00. The van der Waals surface area contributed by atoms with E-state index in [4.69, 9.17) is 0 Å². The van der Waals surface area contributed by atoms with E-state index in [2.05, 4.69) is 16.4 Å². The maximum atomic E-state index is 12.8. The van der Waals surface area contributed by atoms with Crippen molar-refractivity contribution >= 4 is 23.4 Å². The van der Waals surface area contributed by atoms with E-state index < -0.39 is 0 Å². The molecule has 2 aromatic rings. The minimum atomic E-state index is -0.309. The van der Waals surface area contributed by atoms with Gasteiger partial charge in [0.1, 0.15) is 11.1 Å².